The summed E-state index contributed by atoms with van der Waals surface area (Å²) in [6.07, 6.45) is 3.58. The summed E-state index contributed by atoms with van der Waals surface area (Å²) in [5.41, 5.74) is 7.00. The minimum atomic E-state index is -0.245. The molecule has 0 saturated carbocycles. The predicted molar refractivity (Wildman–Crippen MR) is 47.6 cm³/mol. The number of hydrogen-bond acceptors (Lipinski definition) is 4. The van der Waals surface area contributed by atoms with Crippen molar-refractivity contribution in [2.45, 2.75) is 12.5 Å². The number of aliphatic hydroxyl groups excluding tert-OH is 1. The molecule has 1 rings (SSSR count). The summed E-state index contributed by atoms with van der Waals surface area (Å²) in [6.45, 7) is 0.0396. The van der Waals surface area contributed by atoms with Crippen LogP contribution in [0.25, 0.3) is 0 Å². The SMILES string of the molecule is N#Cc1cncc([C@H](N)CCO)c1. The topological polar surface area (TPSA) is 82.9 Å². The maximum Gasteiger partial charge on any atom is 0.101 e. The van der Waals surface area contributed by atoms with Gasteiger partial charge < -0.3 is 10.8 Å². The van der Waals surface area contributed by atoms with Crippen LogP contribution in [0.5, 0.6) is 0 Å². The lowest BCUT2D eigenvalue weighted by Crippen LogP contribution is -2.12. The van der Waals surface area contributed by atoms with Gasteiger partial charge in [-0.3, -0.25) is 4.98 Å². The van der Waals surface area contributed by atoms with E-state index < -0.39 is 0 Å². The Labute approximate surface area is 76.6 Å². The van der Waals surface area contributed by atoms with Gasteiger partial charge in [0.1, 0.15) is 6.07 Å². The van der Waals surface area contributed by atoms with E-state index in [1.807, 2.05) is 6.07 Å². The largest absolute Gasteiger partial charge is 0.396 e. The molecule has 1 aromatic rings. The van der Waals surface area contributed by atoms with Gasteiger partial charge in [-0.1, -0.05) is 0 Å². The van der Waals surface area contributed by atoms with Crippen molar-refractivity contribution < 1.29 is 5.11 Å². The summed E-state index contributed by atoms with van der Waals surface area (Å²) in [4.78, 5) is 3.87. The smallest absolute Gasteiger partial charge is 0.101 e. The zero-order chi connectivity index (χ0) is 9.68. The molecule has 4 nitrogen and oxygen atoms in total. The van der Waals surface area contributed by atoms with Crippen molar-refractivity contribution in [3.8, 4) is 6.07 Å². The molecule has 0 unspecified atom stereocenters. The standard InChI is InChI=1S/C9H11N3O/c10-4-7-3-8(6-12-5-7)9(11)1-2-13/h3,5-6,9,13H,1-2,11H2/t9-/m1/s1. The number of nitrogens with zero attached hydrogens (tertiary/aromatic N) is 2. The zero-order valence-corrected chi connectivity index (χ0v) is 7.14. The van der Waals surface area contributed by atoms with Crippen LogP contribution in [0.3, 0.4) is 0 Å². The van der Waals surface area contributed by atoms with Crippen molar-refractivity contribution >= 4 is 0 Å². The van der Waals surface area contributed by atoms with Crippen molar-refractivity contribution in [1.82, 2.24) is 4.98 Å². The van der Waals surface area contributed by atoms with Gasteiger partial charge >= 0.3 is 0 Å². The maximum atomic E-state index is 8.66. The fraction of sp³-hybridized carbons (Fsp3) is 0.333. The molecule has 1 atom stereocenters. The van der Waals surface area contributed by atoms with Crippen molar-refractivity contribution in [2.75, 3.05) is 6.61 Å². The quantitative estimate of drug-likeness (QED) is 0.697. The summed E-state index contributed by atoms with van der Waals surface area (Å²) < 4.78 is 0. The lowest BCUT2D eigenvalue weighted by molar-refractivity contribution is 0.276. The molecule has 0 aliphatic rings. The third kappa shape index (κ3) is 2.51. The Bertz CT molecular complexity index is 319. The van der Waals surface area contributed by atoms with Crippen LogP contribution in [0.1, 0.15) is 23.6 Å². The van der Waals surface area contributed by atoms with Crippen molar-refractivity contribution in [3.63, 3.8) is 0 Å². The van der Waals surface area contributed by atoms with Gasteiger partial charge in [0.25, 0.3) is 0 Å². The number of pyridine rings is 1. The molecule has 0 amide bonds. The highest BCUT2D eigenvalue weighted by Crippen LogP contribution is 2.12. The second-order valence-corrected chi connectivity index (χ2v) is 2.74. The van der Waals surface area contributed by atoms with E-state index in [2.05, 4.69) is 4.98 Å². The lowest BCUT2D eigenvalue weighted by Gasteiger charge is -2.09. The van der Waals surface area contributed by atoms with Crippen LogP contribution in [-0.2, 0) is 0 Å². The van der Waals surface area contributed by atoms with Gasteiger partial charge in [-0.15, -0.1) is 0 Å². The predicted octanol–water partition coefficient (Wildman–Crippen LogP) is 0.335. The normalized spacial score (nSPS) is 12.1. The molecule has 0 saturated heterocycles. The molecule has 68 valence electrons. The highest BCUT2D eigenvalue weighted by atomic mass is 16.3. The maximum absolute atomic E-state index is 8.66. The Kier molecular flexibility index (Phi) is 3.38. The van der Waals surface area contributed by atoms with Crippen LogP contribution in [0.2, 0.25) is 0 Å². The molecule has 13 heavy (non-hydrogen) atoms. The van der Waals surface area contributed by atoms with E-state index >= 15 is 0 Å². The third-order valence-corrected chi connectivity index (χ3v) is 1.76. The number of hydrogen-bond donors (Lipinski definition) is 2. The number of nitrogens with two attached hydrogens (primary N) is 1. The van der Waals surface area contributed by atoms with Gasteiger partial charge in [-0.05, 0) is 18.1 Å². The van der Waals surface area contributed by atoms with E-state index in [-0.39, 0.29) is 12.6 Å². The van der Waals surface area contributed by atoms with Gasteiger partial charge in [0.15, 0.2) is 0 Å². The fourth-order valence-electron chi connectivity index (χ4n) is 1.03. The summed E-state index contributed by atoms with van der Waals surface area (Å²) in [5, 5.41) is 17.3. The van der Waals surface area contributed by atoms with Crippen LogP contribution >= 0.6 is 0 Å². The van der Waals surface area contributed by atoms with Gasteiger partial charge in [-0.25, -0.2) is 0 Å². The first-order valence-electron chi connectivity index (χ1n) is 3.99. The first-order valence-corrected chi connectivity index (χ1v) is 3.99. The zero-order valence-electron chi connectivity index (χ0n) is 7.14. The average Bonchev–Trinajstić information content (AvgIpc) is 2.18. The Hall–Kier alpha value is -1.44. The summed E-state index contributed by atoms with van der Waals surface area (Å²) in [6, 6.07) is 3.43. The minimum Gasteiger partial charge on any atom is -0.396 e. The second-order valence-electron chi connectivity index (χ2n) is 2.74. The van der Waals surface area contributed by atoms with Crippen molar-refractivity contribution in [2.24, 2.45) is 5.73 Å². The summed E-state index contributed by atoms with van der Waals surface area (Å²) >= 11 is 0. The minimum absolute atomic E-state index is 0.0396. The highest BCUT2D eigenvalue weighted by molar-refractivity contribution is 5.30. The van der Waals surface area contributed by atoms with E-state index in [4.69, 9.17) is 16.1 Å². The Morgan fingerprint density at radius 1 is 1.62 bits per heavy atom. The molecule has 0 radical (unpaired) electrons. The molecular weight excluding hydrogens is 166 g/mol. The molecule has 0 aromatic carbocycles. The number of aliphatic hydroxyl groups is 1. The number of nitriles is 1. The van der Waals surface area contributed by atoms with Gasteiger partial charge in [0, 0.05) is 25.0 Å². The summed E-state index contributed by atoms with van der Waals surface area (Å²) in [7, 11) is 0. The monoisotopic (exact) mass is 177 g/mol. The molecular formula is C9H11N3O. The first kappa shape index (κ1) is 9.65. The van der Waals surface area contributed by atoms with E-state index in [1.165, 1.54) is 6.20 Å². The van der Waals surface area contributed by atoms with Gasteiger partial charge in [0.05, 0.1) is 5.56 Å². The molecule has 0 aliphatic carbocycles. The van der Waals surface area contributed by atoms with Crippen LogP contribution in [0.4, 0.5) is 0 Å². The van der Waals surface area contributed by atoms with Crippen LogP contribution < -0.4 is 5.73 Å². The fourth-order valence-corrected chi connectivity index (χ4v) is 1.03. The third-order valence-electron chi connectivity index (χ3n) is 1.76. The second kappa shape index (κ2) is 4.55. The van der Waals surface area contributed by atoms with E-state index in [0.717, 1.165) is 5.56 Å². The van der Waals surface area contributed by atoms with Crippen molar-refractivity contribution in [3.05, 3.63) is 29.6 Å². The Balaban J connectivity index is 2.83. The van der Waals surface area contributed by atoms with E-state index in [0.29, 0.717) is 12.0 Å². The number of aromatic nitrogens is 1. The Morgan fingerprint density at radius 3 is 3.00 bits per heavy atom. The molecule has 3 N–H and O–H groups in total. The average molecular weight is 177 g/mol. The summed E-state index contributed by atoms with van der Waals surface area (Å²) in [5.74, 6) is 0. The van der Waals surface area contributed by atoms with Gasteiger partial charge in [-0.2, -0.15) is 5.26 Å². The Morgan fingerprint density at radius 2 is 2.38 bits per heavy atom. The van der Waals surface area contributed by atoms with Crippen molar-refractivity contribution in [1.29, 1.82) is 5.26 Å². The lowest BCUT2D eigenvalue weighted by atomic mass is 10.1. The highest BCUT2D eigenvalue weighted by Gasteiger charge is 2.05. The molecule has 0 aliphatic heterocycles. The molecule has 4 heteroatoms. The van der Waals surface area contributed by atoms with Crippen LogP contribution in [0, 0.1) is 11.3 Å². The van der Waals surface area contributed by atoms with Crippen LogP contribution in [0.15, 0.2) is 18.5 Å². The number of rotatable bonds is 3. The van der Waals surface area contributed by atoms with E-state index in [1.54, 1.807) is 12.3 Å². The van der Waals surface area contributed by atoms with E-state index in [9.17, 15) is 0 Å². The van der Waals surface area contributed by atoms with Crippen LogP contribution in [-0.4, -0.2) is 16.7 Å². The molecule has 0 bridgehead atoms. The molecule has 0 spiro atoms. The molecule has 0 fully saturated rings. The molecule has 1 heterocycles. The first-order chi connectivity index (χ1) is 6.27. The molecule has 1 aromatic heterocycles. The van der Waals surface area contributed by atoms with Gasteiger partial charge in [0.2, 0.25) is 0 Å².